The van der Waals surface area contributed by atoms with Gasteiger partial charge in [-0.2, -0.15) is 5.26 Å². The van der Waals surface area contributed by atoms with Gasteiger partial charge in [0, 0.05) is 6.42 Å². The number of ether oxygens (including phenoxy) is 1. The third kappa shape index (κ3) is 4.33. The molecule has 0 spiro atoms. The summed E-state index contributed by atoms with van der Waals surface area (Å²) in [6.45, 7) is 2.50. The molecule has 1 heterocycles. The molecule has 3 aromatic rings. The molecule has 0 bridgehead atoms. The molecule has 29 heavy (non-hydrogen) atoms. The molecule has 0 fully saturated rings. The zero-order chi connectivity index (χ0) is 20.8. The lowest BCUT2D eigenvalue weighted by Gasteiger charge is -2.15. The lowest BCUT2D eigenvalue weighted by molar-refractivity contribution is 0.0589. The van der Waals surface area contributed by atoms with E-state index < -0.39 is 5.97 Å². The van der Waals surface area contributed by atoms with Crippen molar-refractivity contribution in [3.8, 4) is 17.2 Å². The van der Waals surface area contributed by atoms with Gasteiger partial charge >= 0.3 is 5.97 Å². The zero-order valence-corrected chi connectivity index (χ0v) is 17.2. The number of carbonyl (C=O) groups is 1. The summed E-state index contributed by atoms with van der Waals surface area (Å²) in [7, 11) is 1.33. The van der Waals surface area contributed by atoms with Crippen molar-refractivity contribution in [1.29, 1.82) is 5.26 Å². The van der Waals surface area contributed by atoms with Gasteiger partial charge in [-0.15, -0.1) is 0 Å². The minimum atomic E-state index is -0.514. The molecule has 0 saturated carbocycles. The summed E-state index contributed by atoms with van der Waals surface area (Å²) in [5, 5.41) is 9.66. The zero-order valence-electron chi connectivity index (χ0n) is 16.5. The average molecular weight is 408 g/mol. The first-order chi connectivity index (χ1) is 14.1. The molecule has 0 aliphatic rings. The van der Waals surface area contributed by atoms with Crippen molar-refractivity contribution in [2.45, 2.75) is 32.7 Å². The molecule has 1 aromatic heterocycles. The van der Waals surface area contributed by atoms with Gasteiger partial charge in [-0.05, 0) is 29.2 Å². The van der Waals surface area contributed by atoms with E-state index in [1.54, 1.807) is 6.07 Å². The molecule has 0 aliphatic heterocycles. The monoisotopic (exact) mass is 407 g/mol. The largest absolute Gasteiger partial charge is 0.464 e. The molecule has 3 rings (SSSR count). The first kappa shape index (κ1) is 20.6. The average Bonchev–Trinajstić information content (AvgIpc) is 3.06. The molecule has 0 amide bonds. The van der Waals surface area contributed by atoms with Crippen molar-refractivity contribution < 1.29 is 9.53 Å². The summed E-state index contributed by atoms with van der Waals surface area (Å²) in [4.78, 5) is 16.8. The van der Waals surface area contributed by atoms with E-state index in [0.717, 1.165) is 35.4 Å². The minimum absolute atomic E-state index is 0.151. The predicted octanol–water partition coefficient (Wildman–Crippen LogP) is 5.25. The van der Waals surface area contributed by atoms with Crippen molar-refractivity contribution >= 4 is 17.6 Å². The van der Waals surface area contributed by atoms with Crippen molar-refractivity contribution in [3.63, 3.8) is 0 Å². The molecule has 0 radical (unpaired) electrons. The Morgan fingerprint density at radius 1 is 1.17 bits per heavy atom. The number of nitrogens with zero attached hydrogens (tertiary/aromatic N) is 3. The Morgan fingerprint density at radius 2 is 1.86 bits per heavy atom. The first-order valence-electron chi connectivity index (χ1n) is 9.51. The van der Waals surface area contributed by atoms with Crippen LogP contribution in [0.2, 0.25) is 5.15 Å². The number of halogens is 1. The number of methoxy groups -OCH3 is 1. The van der Waals surface area contributed by atoms with E-state index in [-0.39, 0.29) is 10.8 Å². The SMILES string of the molecule is CCCCc1nc(Cl)c(C(=O)OC)n1Cc1ccccc1-c1ccccc1C#N. The van der Waals surface area contributed by atoms with E-state index in [0.29, 0.717) is 18.5 Å². The van der Waals surface area contributed by atoms with Crippen molar-refractivity contribution in [2.75, 3.05) is 7.11 Å². The van der Waals surface area contributed by atoms with Crippen LogP contribution < -0.4 is 0 Å². The smallest absolute Gasteiger partial charge is 0.357 e. The number of aromatic nitrogens is 2. The van der Waals surface area contributed by atoms with Crippen LogP contribution >= 0.6 is 11.6 Å². The maximum absolute atomic E-state index is 12.4. The quantitative estimate of drug-likeness (QED) is 0.501. The number of nitriles is 1. The number of esters is 1. The molecule has 6 heteroatoms. The third-order valence-electron chi connectivity index (χ3n) is 4.82. The van der Waals surface area contributed by atoms with Crippen LogP contribution in [0.4, 0.5) is 0 Å². The van der Waals surface area contributed by atoms with Gasteiger partial charge in [-0.25, -0.2) is 9.78 Å². The van der Waals surface area contributed by atoms with Crippen LogP contribution in [0.5, 0.6) is 0 Å². The fourth-order valence-corrected chi connectivity index (χ4v) is 3.64. The lowest BCUT2D eigenvalue weighted by atomic mass is 9.95. The van der Waals surface area contributed by atoms with Crippen LogP contribution in [0.3, 0.4) is 0 Å². The highest BCUT2D eigenvalue weighted by Gasteiger charge is 2.23. The van der Waals surface area contributed by atoms with Gasteiger partial charge < -0.3 is 9.30 Å². The molecular formula is C23H22ClN3O2. The fraction of sp³-hybridized carbons (Fsp3) is 0.261. The van der Waals surface area contributed by atoms with Gasteiger partial charge in [0.15, 0.2) is 10.8 Å². The molecule has 0 atom stereocenters. The molecule has 0 N–H and O–H groups in total. The van der Waals surface area contributed by atoms with Gasteiger partial charge in [-0.3, -0.25) is 0 Å². The number of benzene rings is 2. The van der Waals surface area contributed by atoms with Crippen LogP contribution in [0.15, 0.2) is 48.5 Å². The molecular weight excluding hydrogens is 386 g/mol. The third-order valence-corrected chi connectivity index (χ3v) is 5.08. The molecule has 0 saturated heterocycles. The van der Waals surface area contributed by atoms with E-state index in [9.17, 15) is 10.1 Å². The second-order valence-electron chi connectivity index (χ2n) is 6.66. The molecule has 2 aromatic carbocycles. The van der Waals surface area contributed by atoms with E-state index in [1.807, 2.05) is 47.0 Å². The van der Waals surface area contributed by atoms with Crippen LogP contribution in [0.25, 0.3) is 11.1 Å². The predicted molar refractivity (Wildman–Crippen MR) is 113 cm³/mol. The Kier molecular flexibility index (Phi) is 6.69. The number of aryl methyl sites for hydroxylation is 1. The van der Waals surface area contributed by atoms with E-state index in [1.165, 1.54) is 7.11 Å². The maximum atomic E-state index is 12.4. The summed E-state index contributed by atoms with van der Waals surface area (Å²) < 4.78 is 6.77. The Bertz CT molecular complexity index is 1070. The Morgan fingerprint density at radius 3 is 2.55 bits per heavy atom. The molecule has 0 aliphatic carbocycles. The Balaban J connectivity index is 2.12. The Labute approximate surface area is 175 Å². The molecule has 148 valence electrons. The summed E-state index contributed by atoms with van der Waals surface area (Å²) in [6.07, 6.45) is 2.65. The maximum Gasteiger partial charge on any atom is 0.357 e. The van der Waals surface area contributed by atoms with Crippen molar-refractivity contribution in [1.82, 2.24) is 9.55 Å². The highest BCUT2D eigenvalue weighted by atomic mass is 35.5. The highest BCUT2D eigenvalue weighted by Crippen LogP contribution is 2.29. The number of imidazole rings is 1. The minimum Gasteiger partial charge on any atom is -0.464 e. The highest BCUT2D eigenvalue weighted by molar-refractivity contribution is 6.32. The number of hydrogen-bond donors (Lipinski definition) is 0. The summed E-state index contributed by atoms with van der Waals surface area (Å²) in [5.41, 5.74) is 3.61. The number of hydrogen-bond acceptors (Lipinski definition) is 4. The Hall–Kier alpha value is -3.10. The fourth-order valence-electron chi connectivity index (χ4n) is 3.36. The second kappa shape index (κ2) is 9.40. The topological polar surface area (TPSA) is 67.9 Å². The normalized spacial score (nSPS) is 10.6. The second-order valence-corrected chi connectivity index (χ2v) is 7.02. The van der Waals surface area contributed by atoms with Crippen molar-refractivity contribution in [3.05, 3.63) is 76.3 Å². The van der Waals surface area contributed by atoms with Crippen LogP contribution in [-0.4, -0.2) is 22.6 Å². The lowest BCUT2D eigenvalue weighted by Crippen LogP contribution is -2.15. The number of unbranched alkanes of at least 4 members (excludes halogenated alkanes) is 1. The molecule has 5 nitrogen and oxygen atoms in total. The van der Waals surface area contributed by atoms with Gasteiger partial charge in [0.2, 0.25) is 0 Å². The standard InChI is InChI=1S/C23H22ClN3O2/c1-3-4-13-20-26-22(24)21(23(28)29-2)27(20)15-17-10-6-8-12-19(17)18-11-7-5-9-16(18)14-25/h5-12H,3-4,13,15H2,1-2H3. The van der Waals surface area contributed by atoms with Gasteiger partial charge in [0.1, 0.15) is 5.82 Å². The van der Waals surface area contributed by atoms with Crippen LogP contribution in [0.1, 0.15) is 47.2 Å². The van der Waals surface area contributed by atoms with Crippen LogP contribution in [-0.2, 0) is 17.7 Å². The van der Waals surface area contributed by atoms with E-state index >= 15 is 0 Å². The summed E-state index contributed by atoms with van der Waals surface area (Å²) in [6, 6.07) is 17.6. The summed E-state index contributed by atoms with van der Waals surface area (Å²) in [5.74, 6) is 0.237. The number of carbonyl (C=O) groups excluding carboxylic acids is 1. The summed E-state index contributed by atoms with van der Waals surface area (Å²) >= 11 is 6.30. The van der Waals surface area contributed by atoms with Gasteiger partial charge in [0.25, 0.3) is 0 Å². The number of rotatable bonds is 7. The van der Waals surface area contributed by atoms with Crippen molar-refractivity contribution in [2.24, 2.45) is 0 Å². The van der Waals surface area contributed by atoms with Gasteiger partial charge in [0.05, 0.1) is 25.3 Å². The van der Waals surface area contributed by atoms with E-state index in [4.69, 9.17) is 16.3 Å². The molecule has 0 unspecified atom stereocenters. The van der Waals surface area contributed by atoms with Gasteiger partial charge in [-0.1, -0.05) is 67.4 Å². The van der Waals surface area contributed by atoms with Crippen LogP contribution in [0, 0.1) is 11.3 Å². The first-order valence-corrected chi connectivity index (χ1v) is 9.89. The van der Waals surface area contributed by atoms with E-state index in [2.05, 4.69) is 18.0 Å².